The number of rotatable bonds is 7. The van der Waals surface area contributed by atoms with E-state index in [0.29, 0.717) is 5.56 Å². The van der Waals surface area contributed by atoms with Gasteiger partial charge in [-0.15, -0.1) is 0 Å². The van der Waals surface area contributed by atoms with Crippen molar-refractivity contribution in [3.8, 4) is 0 Å². The maximum absolute atomic E-state index is 13.6. The number of anilines is 1. The number of aromatic nitrogens is 1. The number of fused-ring (bicyclic) bond motifs is 1. The predicted octanol–water partition coefficient (Wildman–Crippen LogP) is 4.30. The molecule has 0 atom stereocenters. The predicted molar refractivity (Wildman–Crippen MR) is 141 cm³/mol. The number of carbonyl (C=O) groups excluding carboxylic acids is 2. The summed E-state index contributed by atoms with van der Waals surface area (Å²) in [6.45, 7) is 0. The van der Waals surface area contributed by atoms with Crippen molar-refractivity contribution in [2.45, 2.75) is 0 Å². The van der Waals surface area contributed by atoms with Gasteiger partial charge in [0.05, 0.1) is 6.21 Å². The second-order valence-electron chi connectivity index (χ2n) is 8.42. The van der Waals surface area contributed by atoms with Crippen molar-refractivity contribution in [2.24, 2.45) is 12.1 Å². The summed E-state index contributed by atoms with van der Waals surface area (Å²) in [5.41, 5.74) is 6.10. The number of carbonyl (C=O) groups is 2. The summed E-state index contributed by atoms with van der Waals surface area (Å²) >= 11 is 0. The molecule has 0 unspecified atom stereocenters. The minimum absolute atomic E-state index is 0.0306. The van der Waals surface area contributed by atoms with Gasteiger partial charge in [0.25, 0.3) is 11.8 Å². The number of hydrogen-bond donors (Lipinski definition) is 2. The quantitative estimate of drug-likeness (QED) is 0.234. The number of hydrogen-bond acceptors (Lipinski definition) is 4. The van der Waals surface area contributed by atoms with Gasteiger partial charge in [-0.1, -0.05) is 36.4 Å². The molecule has 0 aliphatic carbocycles. The van der Waals surface area contributed by atoms with Gasteiger partial charge in [0.2, 0.25) is 0 Å². The Kier molecular flexibility index (Phi) is 7.25. The second-order valence-corrected chi connectivity index (χ2v) is 8.42. The molecule has 0 radical (unpaired) electrons. The van der Waals surface area contributed by atoms with E-state index in [4.69, 9.17) is 0 Å². The molecule has 0 saturated carbocycles. The standard InChI is InChI=1S/C28H26FN5O2/c1-33(2)23-13-11-19(12-14-23)15-25(31-27(35)20-7-6-8-22(29)16-20)28(36)32-30-17-21-18-34(3)26-10-5-4-9-24(21)26/h4-18H,1-3H3,(H,31,35)(H,32,36). The third kappa shape index (κ3) is 5.67. The molecule has 2 N–H and O–H groups in total. The minimum Gasteiger partial charge on any atom is -0.378 e. The topological polar surface area (TPSA) is 78.7 Å². The van der Waals surface area contributed by atoms with E-state index in [1.807, 2.05) is 85.3 Å². The molecular formula is C28H26FN5O2. The first kappa shape index (κ1) is 24.4. The smallest absolute Gasteiger partial charge is 0.287 e. The Bertz CT molecular complexity index is 1470. The van der Waals surface area contributed by atoms with Gasteiger partial charge in [-0.3, -0.25) is 9.59 Å². The SMILES string of the molecule is CN(C)c1ccc(C=C(NC(=O)c2cccc(F)c2)C(=O)NN=Cc2cn(C)c3ccccc23)cc1. The summed E-state index contributed by atoms with van der Waals surface area (Å²) in [4.78, 5) is 27.7. The fourth-order valence-corrected chi connectivity index (χ4v) is 3.71. The molecule has 0 spiro atoms. The lowest BCUT2D eigenvalue weighted by molar-refractivity contribution is -0.117. The Morgan fingerprint density at radius 3 is 2.47 bits per heavy atom. The van der Waals surface area contributed by atoms with E-state index in [2.05, 4.69) is 15.8 Å². The van der Waals surface area contributed by atoms with Crippen molar-refractivity contribution in [3.05, 3.63) is 107 Å². The fraction of sp³-hybridized carbons (Fsp3) is 0.107. The van der Waals surface area contributed by atoms with Gasteiger partial charge in [-0.05, 0) is 48.0 Å². The maximum Gasteiger partial charge on any atom is 0.287 e. The highest BCUT2D eigenvalue weighted by atomic mass is 19.1. The zero-order valence-corrected chi connectivity index (χ0v) is 20.2. The molecule has 2 amide bonds. The van der Waals surface area contributed by atoms with Crippen LogP contribution >= 0.6 is 0 Å². The highest BCUT2D eigenvalue weighted by Gasteiger charge is 2.15. The van der Waals surface area contributed by atoms with Gasteiger partial charge in [-0.25, -0.2) is 9.82 Å². The van der Waals surface area contributed by atoms with Crippen LogP contribution in [0.15, 0.2) is 89.8 Å². The first-order chi connectivity index (χ1) is 17.3. The maximum atomic E-state index is 13.6. The molecule has 0 fully saturated rings. The first-order valence-electron chi connectivity index (χ1n) is 11.3. The van der Waals surface area contributed by atoms with Crippen molar-refractivity contribution in [2.75, 3.05) is 19.0 Å². The average Bonchev–Trinajstić information content (AvgIpc) is 3.19. The Morgan fingerprint density at radius 1 is 1.00 bits per heavy atom. The number of aryl methyl sites for hydroxylation is 1. The average molecular weight is 484 g/mol. The number of nitrogens with zero attached hydrogens (tertiary/aromatic N) is 3. The van der Waals surface area contributed by atoms with Crippen LogP contribution < -0.4 is 15.6 Å². The zero-order valence-electron chi connectivity index (χ0n) is 20.2. The van der Waals surface area contributed by atoms with Crippen molar-refractivity contribution in [3.63, 3.8) is 0 Å². The van der Waals surface area contributed by atoms with Gasteiger partial charge in [0.15, 0.2) is 0 Å². The van der Waals surface area contributed by atoms with Crippen LogP contribution in [0, 0.1) is 5.82 Å². The highest BCUT2D eigenvalue weighted by Crippen LogP contribution is 2.18. The van der Waals surface area contributed by atoms with Crippen molar-refractivity contribution < 1.29 is 14.0 Å². The number of halogens is 1. The fourth-order valence-electron chi connectivity index (χ4n) is 3.71. The van der Waals surface area contributed by atoms with E-state index in [0.717, 1.165) is 28.2 Å². The Balaban J connectivity index is 1.58. The third-order valence-corrected chi connectivity index (χ3v) is 5.60. The van der Waals surface area contributed by atoms with E-state index in [1.165, 1.54) is 18.2 Å². The van der Waals surface area contributed by atoms with Gasteiger partial charge < -0.3 is 14.8 Å². The molecule has 1 aromatic heterocycles. The van der Waals surface area contributed by atoms with Crippen molar-refractivity contribution in [1.29, 1.82) is 0 Å². The van der Waals surface area contributed by atoms with Crippen LogP contribution in [0.25, 0.3) is 17.0 Å². The van der Waals surface area contributed by atoms with Crippen molar-refractivity contribution in [1.82, 2.24) is 15.3 Å². The molecule has 182 valence electrons. The normalized spacial score (nSPS) is 11.6. The molecular weight excluding hydrogens is 457 g/mol. The molecule has 3 aromatic carbocycles. The summed E-state index contributed by atoms with van der Waals surface area (Å²) in [6.07, 6.45) is 5.01. The van der Waals surface area contributed by atoms with Crippen LogP contribution in [0.3, 0.4) is 0 Å². The van der Waals surface area contributed by atoms with E-state index in [-0.39, 0.29) is 11.3 Å². The Hall–Kier alpha value is -4.72. The summed E-state index contributed by atoms with van der Waals surface area (Å²) < 4.78 is 15.6. The third-order valence-electron chi connectivity index (χ3n) is 5.60. The molecule has 36 heavy (non-hydrogen) atoms. The zero-order chi connectivity index (χ0) is 25.7. The molecule has 8 heteroatoms. The molecule has 0 aliphatic heterocycles. The van der Waals surface area contributed by atoms with E-state index >= 15 is 0 Å². The van der Waals surface area contributed by atoms with Crippen molar-refractivity contribution >= 4 is 40.7 Å². The van der Waals surface area contributed by atoms with E-state index in [1.54, 1.807) is 12.3 Å². The second kappa shape index (κ2) is 10.7. The Labute approximate surface area is 208 Å². The van der Waals surface area contributed by atoms with Gasteiger partial charge in [-0.2, -0.15) is 5.10 Å². The number of amides is 2. The van der Waals surface area contributed by atoms with E-state index < -0.39 is 17.6 Å². The van der Waals surface area contributed by atoms with Gasteiger partial charge >= 0.3 is 0 Å². The van der Waals surface area contributed by atoms with Crippen LogP contribution in [-0.2, 0) is 11.8 Å². The summed E-state index contributed by atoms with van der Waals surface area (Å²) in [6, 6.07) is 20.6. The monoisotopic (exact) mass is 483 g/mol. The summed E-state index contributed by atoms with van der Waals surface area (Å²) in [5, 5.41) is 7.68. The van der Waals surface area contributed by atoms with Gasteiger partial charge in [0.1, 0.15) is 11.5 Å². The number of benzene rings is 3. The molecule has 0 bridgehead atoms. The van der Waals surface area contributed by atoms with Crippen LogP contribution in [0.2, 0.25) is 0 Å². The molecule has 4 rings (SSSR count). The largest absolute Gasteiger partial charge is 0.378 e. The molecule has 0 saturated heterocycles. The summed E-state index contributed by atoms with van der Waals surface area (Å²) in [7, 11) is 5.79. The molecule has 4 aromatic rings. The van der Waals surface area contributed by atoms with Crippen LogP contribution in [0.1, 0.15) is 21.5 Å². The van der Waals surface area contributed by atoms with Crippen LogP contribution in [0.4, 0.5) is 10.1 Å². The number of nitrogens with one attached hydrogen (secondary N) is 2. The van der Waals surface area contributed by atoms with E-state index in [9.17, 15) is 14.0 Å². The molecule has 1 heterocycles. The molecule has 0 aliphatic rings. The minimum atomic E-state index is -0.618. The first-order valence-corrected chi connectivity index (χ1v) is 11.3. The lowest BCUT2D eigenvalue weighted by Crippen LogP contribution is -2.32. The number of para-hydroxylation sites is 1. The highest BCUT2D eigenvalue weighted by molar-refractivity contribution is 6.06. The Morgan fingerprint density at radius 2 is 1.75 bits per heavy atom. The van der Waals surface area contributed by atoms with Crippen LogP contribution in [-0.4, -0.2) is 36.7 Å². The lowest BCUT2D eigenvalue weighted by atomic mass is 10.1. The lowest BCUT2D eigenvalue weighted by Gasteiger charge is -2.12. The summed E-state index contributed by atoms with van der Waals surface area (Å²) in [5.74, 6) is -1.77. The van der Waals surface area contributed by atoms with Crippen LogP contribution in [0.5, 0.6) is 0 Å². The number of hydrazone groups is 1. The van der Waals surface area contributed by atoms with Gasteiger partial charge in [0, 0.05) is 55.1 Å². The molecule has 7 nitrogen and oxygen atoms in total.